The smallest absolute Gasteiger partial charge is 0.0537 e. The maximum Gasteiger partial charge on any atom is 0.0537 e. The summed E-state index contributed by atoms with van der Waals surface area (Å²) in [7, 11) is 0. The summed E-state index contributed by atoms with van der Waals surface area (Å²) in [6, 6.07) is 30.6. The highest BCUT2D eigenvalue weighted by Gasteiger charge is 2.20. The molecule has 0 radical (unpaired) electrons. The number of allylic oxidation sites excluding steroid dienone is 4. The van der Waals surface area contributed by atoms with Crippen molar-refractivity contribution < 1.29 is 0 Å². The molecule has 0 amide bonds. The summed E-state index contributed by atoms with van der Waals surface area (Å²) in [6.45, 7) is 0. The third-order valence-electron chi connectivity index (χ3n) is 5.69. The zero-order chi connectivity index (χ0) is 19.6. The van der Waals surface area contributed by atoms with Crippen LogP contribution in [0.5, 0.6) is 0 Å². The topological polar surface area (TPSA) is 3.24 Å². The fourth-order valence-corrected chi connectivity index (χ4v) is 4.85. The highest BCUT2D eigenvalue weighted by atomic mass is 127. The van der Waals surface area contributed by atoms with E-state index in [0.29, 0.717) is 0 Å². The molecule has 0 spiro atoms. The van der Waals surface area contributed by atoms with Crippen LogP contribution >= 0.6 is 22.6 Å². The molecule has 4 aromatic rings. The Labute approximate surface area is 185 Å². The van der Waals surface area contributed by atoms with E-state index < -0.39 is 0 Å². The number of hydrogen-bond donors (Lipinski definition) is 0. The lowest BCUT2D eigenvalue weighted by Crippen LogP contribution is -2.18. The second-order valence-corrected chi connectivity index (χ2v) is 8.21. The highest BCUT2D eigenvalue weighted by molar-refractivity contribution is 14.1. The number of rotatable bonds is 4. The van der Waals surface area contributed by atoms with Gasteiger partial charge in [-0.3, -0.25) is 0 Å². The molecule has 1 nitrogen and oxygen atoms in total. The van der Waals surface area contributed by atoms with Crippen LogP contribution in [0.15, 0.2) is 108 Å². The molecule has 0 saturated carbocycles. The van der Waals surface area contributed by atoms with Gasteiger partial charge in [-0.25, -0.2) is 0 Å². The zero-order valence-corrected chi connectivity index (χ0v) is 18.3. The third kappa shape index (κ3) is 3.46. The summed E-state index contributed by atoms with van der Waals surface area (Å²) in [5, 5.41) is 5.12. The van der Waals surface area contributed by atoms with Crippen molar-refractivity contribution in [2.45, 2.75) is 12.8 Å². The first-order valence-corrected chi connectivity index (χ1v) is 11.6. The second kappa shape index (κ2) is 8.03. The van der Waals surface area contributed by atoms with Crippen molar-refractivity contribution in [1.82, 2.24) is 0 Å². The number of fused-ring (bicyclic) bond motifs is 2. The lowest BCUT2D eigenvalue weighted by Gasteiger charge is -2.31. The molecule has 0 aliphatic heterocycles. The van der Waals surface area contributed by atoms with Crippen LogP contribution in [0.4, 0.5) is 11.4 Å². The predicted molar refractivity (Wildman–Crippen MR) is 134 cm³/mol. The van der Waals surface area contributed by atoms with Gasteiger partial charge in [0, 0.05) is 20.9 Å². The standard InChI is InChI=1S/C27H22IN/c28-19-20-15-17-23(18-16-20)29(26-13-5-9-21-7-1-3-11-24(21)26)27-14-6-10-22-8-2-4-12-25(22)27/h1-15,17H,16,18-19H2. The Morgan fingerprint density at radius 2 is 1.17 bits per heavy atom. The van der Waals surface area contributed by atoms with Gasteiger partial charge in [0.25, 0.3) is 0 Å². The van der Waals surface area contributed by atoms with Crippen molar-refractivity contribution in [1.29, 1.82) is 0 Å². The van der Waals surface area contributed by atoms with E-state index >= 15 is 0 Å². The SMILES string of the molecule is ICC1=CC=C(N(c2cccc3ccccc23)c2cccc3ccccc23)CC1. The van der Waals surface area contributed by atoms with Crippen LogP contribution in [0.2, 0.25) is 0 Å². The number of halogens is 1. The first-order chi connectivity index (χ1) is 14.3. The van der Waals surface area contributed by atoms with Gasteiger partial charge in [0.2, 0.25) is 0 Å². The molecule has 1 aliphatic rings. The molecule has 0 bridgehead atoms. The molecule has 0 saturated heterocycles. The second-order valence-electron chi connectivity index (χ2n) is 7.45. The van der Waals surface area contributed by atoms with Gasteiger partial charge in [0.1, 0.15) is 0 Å². The van der Waals surface area contributed by atoms with Crippen molar-refractivity contribution >= 4 is 55.5 Å². The summed E-state index contributed by atoms with van der Waals surface area (Å²) in [5.41, 5.74) is 5.37. The number of hydrogen-bond acceptors (Lipinski definition) is 1. The molecule has 0 fully saturated rings. The summed E-state index contributed by atoms with van der Waals surface area (Å²) >= 11 is 2.47. The zero-order valence-electron chi connectivity index (χ0n) is 16.2. The van der Waals surface area contributed by atoms with E-state index in [2.05, 4.69) is 125 Å². The average Bonchev–Trinajstić information content (AvgIpc) is 2.80. The van der Waals surface area contributed by atoms with Gasteiger partial charge in [0.05, 0.1) is 11.4 Å². The van der Waals surface area contributed by atoms with Gasteiger partial charge in [-0.15, -0.1) is 0 Å². The van der Waals surface area contributed by atoms with Gasteiger partial charge in [-0.1, -0.05) is 107 Å². The van der Waals surface area contributed by atoms with Crippen molar-refractivity contribution in [3.05, 3.63) is 108 Å². The van der Waals surface area contributed by atoms with E-state index in [1.807, 2.05) is 0 Å². The fraction of sp³-hybridized carbons (Fsp3) is 0.111. The van der Waals surface area contributed by atoms with Crippen molar-refractivity contribution in [2.75, 3.05) is 9.33 Å². The van der Waals surface area contributed by atoms with Gasteiger partial charge in [-0.05, 0) is 41.8 Å². The van der Waals surface area contributed by atoms with Gasteiger partial charge < -0.3 is 4.90 Å². The Bertz CT molecular complexity index is 1160. The molecule has 4 aromatic carbocycles. The molecule has 0 heterocycles. The van der Waals surface area contributed by atoms with Crippen LogP contribution in [-0.4, -0.2) is 4.43 Å². The van der Waals surface area contributed by atoms with E-state index in [-0.39, 0.29) is 0 Å². The molecule has 0 unspecified atom stereocenters. The van der Waals surface area contributed by atoms with Crippen LogP contribution < -0.4 is 4.90 Å². The molecule has 29 heavy (non-hydrogen) atoms. The largest absolute Gasteiger partial charge is 0.313 e. The third-order valence-corrected chi connectivity index (χ3v) is 6.67. The summed E-state index contributed by atoms with van der Waals surface area (Å²) < 4.78 is 1.10. The van der Waals surface area contributed by atoms with E-state index in [4.69, 9.17) is 0 Å². The maximum atomic E-state index is 2.48. The average molecular weight is 487 g/mol. The van der Waals surface area contributed by atoms with Gasteiger partial charge in [0.15, 0.2) is 0 Å². The maximum absolute atomic E-state index is 2.48. The normalized spacial score (nSPS) is 14.0. The van der Waals surface area contributed by atoms with Crippen LogP contribution in [-0.2, 0) is 0 Å². The molecule has 0 atom stereocenters. The molecule has 0 aromatic heterocycles. The molecular formula is C27H22IN. The first kappa shape index (κ1) is 18.4. The van der Waals surface area contributed by atoms with E-state index in [0.717, 1.165) is 17.3 Å². The van der Waals surface area contributed by atoms with Crippen molar-refractivity contribution in [3.8, 4) is 0 Å². The Balaban J connectivity index is 1.78. The summed E-state index contributed by atoms with van der Waals surface area (Å²) in [6.07, 6.45) is 6.82. The van der Waals surface area contributed by atoms with Crippen LogP contribution in [0.1, 0.15) is 12.8 Å². The molecule has 5 rings (SSSR count). The minimum atomic E-state index is 1.06. The molecule has 1 aliphatic carbocycles. The Morgan fingerprint density at radius 1 is 0.621 bits per heavy atom. The number of nitrogens with zero attached hydrogens (tertiary/aromatic N) is 1. The van der Waals surface area contributed by atoms with E-state index in [1.165, 1.54) is 44.2 Å². The van der Waals surface area contributed by atoms with Crippen molar-refractivity contribution in [2.24, 2.45) is 0 Å². The Kier molecular flexibility index (Phi) is 5.11. The number of benzene rings is 4. The first-order valence-electron chi connectivity index (χ1n) is 10.1. The van der Waals surface area contributed by atoms with Gasteiger partial charge in [-0.2, -0.15) is 0 Å². The fourth-order valence-electron chi connectivity index (χ4n) is 4.21. The van der Waals surface area contributed by atoms with Crippen LogP contribution in [0, 0.1) is 0 Å². The van der Waals surface area contributed by atoms with E-state index in [9.17, 15) is 0 Å². The Morgan fingerprint density at radius 3 is 1.69 bits per heavy atom. The molecular weight excluding hydrogens is 465 g/mol. The molecule has 2 heteroatoms. The molecule has 142 valence electrons. The van der Waals surface area contributed by atoms with Crippen molar-refractivity contribution in [3.63, 3.8) is 0 Å². The van der Waals surface area contributed by atoms with E-state index in [1.54, 1.807) is 0 Å². The monoisotopic (exact) mass is 487 g/mol. The summed E-state index contributed by atoms with van der Waals surface area (Å²) in [5.74, 6) is 0. The predicted octanol–water partition coefficient (Wildman–Crippen LogP) is 8.17. The minimum absolute atomic E-state index is 1.06. The van der Waals surface area contributed by atoms with Crippen LogP contribution in [0.25, 0.3) is 21.5 Å². The van der Waals surface area contributed by atoms with Gasteiger partial charge >= 0.3 is 0 Å². The lowest BCUT2D eigenvalue weighted by molar-refractivity contribution is 0.882. The van der Waals surface area contributed by atoms with Crippen LogP contribution in [0.3, 0.4) is 0 Å². The summed E-state index contributed by atoms with van der Waals surface area (Å²) in [4.78, 5) is 2.48. The quantitative estimate of drug-likeness (QED) is 0.207. The number of alkyl halides is 1. The molecule has 0 N–H and O–H groups in total. The lowest BCUT2D eigenvalue weighted by atomic mass is 9.99. The number of anilines is 2. The Hall–Kier alpha value is -2.59. The highest BCUT2D eigenvalue weighted by Crippen LogP contribution is 2.41. The minimum Gasteiger partial charge on any atom is -0.313 e.